The molecule has 0 aliphatic carbocycles. The molecule has 2 aliphatic heterocycles. The van der Waals surface area contributed by atoms with Gasteiger partial charge < -0.3 is 10.2 Å². The van der Waals surface area contributed by atoms with Crippen LogP contribution >= 0.6 is 0 Å². The first-order valence-corrected chi connectivity index (χ1v) is 11.9. The Bertz CT molecular complexity index is 1390. The second-order valence-electron chi connectivity index (χ2n) is 9.32. The summed E-state index contributed by atoms with van der Waals surface area (Å²) in [6, 6.07) is 28.1. The van der Waals surface area contributed by atoms with Gasteiger partial charge in [-0.3, -0.25) is 14.5 Å². The Morgan fingerprint density at radius 1 is 0.735 bits per heavy atom. The van der Waals surface area contributed by atoms with Crippen LogP contribution in [0.15, 0.2) is 84.9 Å². The average Bonchev–Trinajstić information content (AvgIpc) is 2.87. The Kier molecular flexibility index (Phi) is 5.27. The Morgan fingerprint density at radius 2 is 1.35 bits per heavy atom. The molecule has 5 heteroatoms. The van der Waals surface area contributed by atoms with Crippen LogP contribution in [0.1, 0.15) is 11.1 Å². The van der Waals surface area contributed by atoms with Crippen molar-refractivity contribution in [1.29, 1.82) is 0 Å². The fourth-order valence-electron chi connectivity index (χ4n) is 5.50. The summed E-state index contributed by atoms with van der Waals surface area (Å²) in [6.07, 6.45) is 0.509. The molecule has 34 heavy (non-hydrogen) atoms. The maximum Gasteiger partial charge on any atom is 0.246 e. The fraction of sp³-hybridized carbons (Fsp3) is 0.241. The number of nitrogens with zero attached hydrogens (tertiary/aromatic N) is 2. The molecule has 0 aromatic heterocycles. The molecule has 2 amide bonds. The van der Waals surface area contributed by atoms with Crippen LogP contribution < -0.4 is 5.32 Å². The average molecular weight is 450 g/mol. The minimum absolute atomic E-state index is 0.0299. The summed E-state index contributed by atoms with van der Waals surface area (Å²) < 4.78 is 0. The van der Waals surface area contributed by atoms with Gasteiger partial charge in [0.05, 0.1) is 0 Å². The van der Waals surface area contributed by atoms with Crippen LogP contribution in [0.25, 0.3) is 21.5 Å². The Hall–Kier alpha value is -3.70. The van der Waals surface area contributed by atoms with Gasteiger partial charge in [-0.1, -0.05) is 84.9 Å². The first-order valence-electron chi connectivity index (χ1n) is 11.9. The molecule has 1 N–H and O–H groups in total. The Labute approximate surface area is 199 Å². The van der Waals surface area contributed by atoms with E-state index >= 15 is 0 Å². The molecule has 0 saturated carbocycles. The Morgan fingerprint density at radius 3 is 2.09 bits per heavy atom. The molecule has 2 saturated heterocycles. The third kappa shape index (κ3) is 3.72. The molecule has 2 aliphatic rings. The molecule has 0 bridgehead atoms. The number of carbonyl (C=O) groups excluding carboxylic acids is 2. The number of piperazine rings is 2. The highest BCUT2D eigenvalue weighted by molar-refractivity contribution is 5.98. The standard InChI is InChI=1S/C29H27N3O2/c33-28-27-19-31(18-23-12-6-10-21-8-2-4-14-25(21)23)15-16-32(27)29(34)26(30-28)17-22-11-5-9-20-7-1-3-13-24(20)22/h1-14,26-27H,15-19H2,(H,30,33). The summed E-state index contributed by atoms with van der Waals surface area (Å²) in [5, 5.41) is 7.78. The van der Waals surface area contributed by atoms with Crippen molar-refractivity contribution in [3.8, 4) is 0 Å². The lowest BCUT2D eigenvalue weighted by atomic mass is 9.95. The monoisotopic (exact) mass is 449 g/mol. The molecule has 170 valence electrons. The van der Waals surface area contributed by atoms with E-state index in [0.717, 1.165) is 29.4 Å². The molecule has 6 rings (SSSR count). The van der Waals surface area contributed by atoms with E-state index in [1.807, 2.05) is 18.2 Å². The highest BCUT2D eigenvalue weighted by Crippen LogP contribution is 2.25. The van der Waals surface area contributed by atoms with E-state index in [1.54, 1.807) is 4.90 Å². The van der Waals surface area contributed by atoms with Gasteiger partial charge in [-0.25, -0.2) is 0 Å². The van der Waals surface area contributed by atoms with E-state index in [2.05, 4.69) is 76.9 Å². The number of carbonyl (C=O) groups is 2. The first kappa shape index (κ1) is 20.9. The molecule has 2 fully saturated rings. The summed E-state index contributed by atoms with van der Waals surface area (Å²) in [6.45, 7) is 2.67. The van der Waals surface area contributed by atoms with Gasteiger partial charge in [0.1, 0.15) is 12.1 Å². The maximum atomic E-state index is 13.4. The van der Waals surface area contributed by atoms with Gasteiger partial charge in [0.25, 0.3) is 0 Å². The molecular formula is C29H27N3O2. The second-order valence-corrected chi connectivity index (χ2v) is 9.32. The Balaban J connectivity index is 1.18. The molecule has 4 aromatic carbocycles. The molecular weight excluding hydrogens is 422 g/mol. The zero-order valence-corrected chi connectivity index (χ0v) is 19.0. The summed E-state index contributed by atoms with van der Waals surface area (Å²) in [5.74, 6) is -0.0187. The van der Waals surface area contributed by atoms with Crippen LogP contribution in [0.3, 0.4) is 0 Å². The normalized spacial score (nSPS) is 21.0. The smallest absolute Gasteiger partial charge is 0.246 e. The van der Waals surface area contributed by atoms with Crippen LogP contribution in [0.2, 0.25) is 0 Å². The van der Waals surface area contributed by atoms with Gasteiger partial charge in [0.2, 0.25) is 11.8 Å². The van der Waals surface area contributed by atoms with Crippen molar-refractivity contribution in [1.82, 2.24) is 15.1 Å². The lowest BCUT2D eigenvalue weighted by molar-refractivity contribution is -0.153. The van der Waals surface area contributed by atoms with Gasteiger partial charge >= 0.3 is 0 Å². The zero-order valence-electron chi connectivity index (χ0n) is 19.0. The van der Waals surface area contributed by atoms with Crippen molar-refractivity contribution in [3.05, 3.63) is 96.1 Å². The minimum atomic E-state index is -0.515. The first-order chi connectivity index (χ1) is 16.7. The van der Waals surface area contributed by atoms with Gasteiger partial charge in [0.15, 0.2) is 0 Å². The van der Waals surface area contributed by atoms with Gasteiger partial charge in [-0.05, 0) is 32.7 Å². The number of nitrogens with one attached hydrogen (secondary N) is 1. The van der Waals surface area contributed by atoms with E-state index in [4.69, 9.17) is 0 Å². The number of hydrogen-bond donors (Lipinski definition) is 1. The third-order valence-corrected chi connectivity index (χ3v) is 7.24. The molecule has 2 unspecified atom stereocenters. The van der Waals surface area contributed by atoms with E-state index in [1.165, 1.54) is 16.3 Å². The molecule has 4 aromatic rings. The third-order valence-electron chi connectivity index (χ3n) is 7.24. The van der Waals surface area contributed by atoms with Crippen LogP contribution in [-0.2, 0) is 22.6 Å². The highest BCUT2D eigenvalue weighted by atomic mass is 16.2. The largest absolute Gasteiger partial charge is 0.342 e. The van der Waals surface area contributed by atoms with Gasteiger partial charge in [0, 0.05) is 32.6 Å². The summed E-state index contributed by atoms with van der Waals surface area (Å²) in [4.78, 5) is 30.6. The van der Waals surface area contributed by atoms with Crippen LogP contribution in [0, 0.1) is 0 Å². The number of rotatable bonds is 4. The van der Waals surface area contributed by atoms with Crippen LogP contribution in [0.4, 0.5) is 0 Å². The zero-order chi connectivity index (χ0) is 23.1. The number of hydrogen-bond acceptors (Lipinski definition) is 3. The van der Waals surface area contributed by atoms with Crippen LogP contribution in [0.5, 0.6) is 0 Å². The lowest BCUT2D eigenvalue weighted by Crippen LogP contribution is -2.69. The topological polar surface area (TPSA) is 52.7 Å². The van der Waals surface area contributed by atoms with Gasteiger partial charge in [-0.2, -0.15) is 0 Å². The molecule has 0 spiro atoms. The van der Waals surface area contributed by atoms with Crippen LogP contribution in [-0.4, -0.2) is 53.3 Å². The molecule has 5 nitrogen and oxygen atoms in total. The SMILES string of the molecule is O=C1NC(Cc2cccc3ccccc23)C(=O)N2CCN(Cc3cccc4ccccc34)CC12. The summed E-state index contributed by atoms with van der Waals surface area (Å²) in [7, 11) is 0. The van der Waals surface area contributed by atoms with E-state index < -0.39 is 12.1 Å². The maximum absolute atomic E-state index is 13.4. The lowest BCUT2D eigenvalue weighted by Gasteiger charge is -2.45. The minimum Gasteiger partial charge on any atom is -0.342 e. The predicted octanol–water partition coefficient (Wildman–Crippen LogP) is 3.75. The summed E-state index contributed by atoms with van der Waals surface area (Å²) >= 11 is 0. The van der Waals surface area contributed by atoms with E-state index in [9.17, 15) is 9.59 Å². The summed E-state index contributed by atoms with van der Waals surface area (Å²) in [5.41, 5.74) is 2.34. The van der Waals surface area contributed by atoms with Crippen molar-refractivity contribution in [2.24, 2.45) is 0 Å². The number of amides is 2. The molecule has 2 heterocycles. The second kappa shape index (κ2) is 8.58. The van der Waals surface area contributed by atoms with Crippen molar-refractivity contribution >= 4 is 33.4 Å². The van der Waals surface area contributed by atoms with Crippen molar-refractivity contribution < 1.29 is 9.59 Å². The van der Waals surface area contributed by atoms with Crippen molar-refractivity contribution in [2.45, 2.75) is 25.0 Å². The quantitative estimate of drug-likeness (QED) is 0.516. The van der Waals surface area contributed by atoms with Gasteiger partial charge in [-0.15, -0.1) is 0 Å². The van der Waals surface area contributed by atoms with Crippen molar-refractivity contribution in [2.75, 3.05) is 19.6 Å². The fourth-order valence-corrected chi connectivity index (χ4v) is 5.50. The predicted molar refractivity (Wildman–Crippen MR) is 134 cm³/mol. The molecule has 0 radical (unpaired) electrons. The van der Waals surface area contributed by atoms with E-state index in [0.29, 0.717) is 19.5 Å². The highest BCUT2D eigenvalue weighted by Gasteiger charge is 2.43. The van der Waals surface area contributed by atoms with Crippen molar-refractivity contribution in [3.63, 3.8) is 0 Å². The van der Waals surface area contributed by atoms with E-state index in [-0.39, 0.29) is 11.8 Å². The number of fused-ring (bicyclic) bond motifs is 3. The number of benzene rings is 4. The molecule has 2 atom stereocenters.